The average molecular weight is 351 g/mol. The highest BCUT2D eigenvalue weighted by Crippen LogP contribution is 2.31. The van der Waals surface area contributed by atoms with Gasteiger partial charge in [0.25, 0.3) is 0 Å². The van der Waals surface area contributed by atoms with Gasteiger partial charge in [0.15, 0.2) is 0 Å². The molecule has 2 unspecified atom stereocenters. The quantitative estimate of drug-likeness (QED) is 0.846. The molecule has 0 fully saturated rings. The van der Waals surface area contributed by atoms with Gasteiger partial charge in [-0.15, -0.1) is 0 Å². The largest absolute Gasteiger partial charge is 0.465 e. The zero-order chi connectivity index (χ0) is 15.4. The predicted octanol–water partition coefficient (Wildman–Crippen LogP) is 4.26. The molecule has 1 heterocycles. The molecule has 2 rings (SSSR count). The summed E-state index contributed by atoms with van der Waals surface area (Å²) in [6, 6.07) is 12.5. The molecule has 0 saturated carbocycles. The summed E-state index contributed by atoms with van der Waals surface area (Å²) in [6.07, 6.45) is 0.924. The number of halogens is 1. The number of rotatable bonds is 6. The first kappa shape index (κ1) is 16.3. The van der Waals surface area contributed by atoms with Crippen molar-refractivity contribution >= 4 is 15.9 Å². The van der Waals surface area contributed by atoms with Crippen LogP contribution in [0.5, 0.6) is 0 Å². The Kier molecular flexibility index (Phi) is 5.62. The summed E-state index contributed by atoms with van der Waals surface area (Å²) in [5, 5.41) is 0. The summed E-state index contributed by atoms with van der Waals surface area (Å²) in [5.74, 6) is 1.91. The monoisotopic (exact) mass is 350 g/mol. The SMILES string of the molecule is CCC(N)C(c1ccccc1Br)N(C)Cc1ccc(C)o1. The van der Waals surface area contributed by atoms with Crippen LogP contribution in [0.1, 0.15) is 36.5 Å². The Morgan fingerprint density at radius 3 is 2.52 bits per heavy atom. The van der Waals surface area contributed by atoms with E-state index in [1.807, 2.05) is 25.1 Å². The van der Waals surface area contributed by atoms with Gasteiger partial charge >= 0.3 is 0 Å². The molecule has 114 valence electrons. The summed E-state index contributed by atoms with van der Waals surface area (Å²) in [6.45, 7) is 4.83. The molecule has 0 saturated heterocycles. The standard InChI is InChI=1S/C17H23BrN2O/c1-4-16(19)17(14-7-5-6-8-15(14)18)20(3)11-13-10-9-12(2)21-13/h5-10,16-17H,4,11,19H2,1-3H3. The fourth-order valence-corrected chi connectivity index (χ4v) is 3.17. The van der Waals surface area contributed by atoms with E-state index < -0.39 is 0 Å². The Balaban J connectivity index is 2.25. The first-order valence-electron chi connectivity index (χ1n) is 7.28. The van der Waals surface area contributed by atoms with Gasteiger partial charge in [-0.1, -0.05) is 41.1 Å². The van der Waals surface area contributed by atoms with E-state index in [1.165, 1.54) is 5.56 Å². The summed E-state index contributed by atoms with van der Waals surface area (Å²) in [7, 11) is 2.09. The Morgan fingerprint density at radius 1 is 1.24 bits per heavy atom. The molecule has 4 heteroatoms. The minimum absolute atomic E-state index is 0.0739. The molecule has 3 nitrogen and oxygen atoms in total. The molecule has 0 aliphatic heterocycles. The summed E-state index contributed by atoms with van der Waals surface area (Å²) in [4.78, 5) is 2.26. The van der Waals surface area contributed by atoms with Crippen LogP contribution < -0.4 is 5.73 Å². The smallest absolute Gasteiger partial charge is 0.118 e. The topological polar surface area (TPSA) is 42.4 Å². The van der Waals surface area contributed by atoms with Crippen molar-refractivity contribution in [1.82, 2.24) is 4.90 Å². The Labute approximate surface area is 135 Å². The van der Waals surface area contributed by atoms with Gasteiger partial charge in [0.1, 0.15) is 11.5 Å². The Morgan fingerprint density at radius 2 is 1.95 bits per heavy atom. The second-order valence-electron chi connectivity index (χ2n) is 5.47. The highest BCUT2D eigenvalue weighted by atomic mass is 79.9. The van der Waals surface area contributed by atoms with Crippen molar-refractivity contribution in [2.24, 2.45) is 5.73 Å². The first-order valence-corrected chi connectivity index (χ1v) is 8.07. The lowest BCUT2D eigenvalue weighted by molar-refractivity contribution is 0.186. The van der Waals surface area contributed by atoms with E-state index in [1.54, 1.807) is 0 Å². The second kappa shape index (κ2) is 7.25. The van der Waals surface area contributed by atoms with Crippen LogP contribution in [0.2, 0.25) is 0 Å². The van der Waals surface area contributed by atoms with Crippen LogP contribution in [-0.2, 0) is 6.54 Å². The fourth-order valence-electron chi connectivity index (χ4n) is 2.65. The first-order chi connectivity index (χ1) is 10.0. The minimum atomic E-state index is 0.0739. The van der Waals surface area contributed by atoms with Crippen LogP contribution in [0.15, 0.2) is 45.3 Å². The summed E-state index contributed by atoms with van der Waals surface area (Å²) in [5.41, 5.74) is 7.60. The van der Waals surface area contributed by atoms with Crippen LogP contribution in [0, 0.1) is 6.92 Å². The zero-order valence-electron chi connectivity index (χ0n) is 12.8. The fraction of sp³-hybridized carbons (Fsp3) is 0.412. The molecule has 1 aromatic heterocycles. The van der Waals surface area contributed by atoms with Crippen molar-refractivity contribution in [3.05, 3.63) is 58.0 Å². The molecule has 0 spiro atoms. The van der Waals surface area contributed by atoms with Crippen LogP contribution >= 0.6 is 15.9 Å². The molecular weight excluding hydrogens is 328 g/mol. The van der Waals surface area contributed by atoms with Crippen LogP contribution in [0.4, 0.5) is 0 Å². The van der Waals surface area contributed by atoms with E-state index in [0.29, 0.717) is 0 Å². The lowest BCUT2D eigenvalue weighted by Gasteiger charge is -2.33. The molecule has 0 aliphatic rings. The van der Waals surface area contributed by atoms with Crippen molar-refractivity contribution in [2.45, 2.75) is 38.9 Å². The summed E-state index contributed by atoms with van der Waals surface area (Å²) >= 11 is 3.65. The molecule has 1 aromatic carbocycles. The van der Waals surface area contributed by atoms with Gasteiger partial charge in [-0.05, 0) is 44.2 Å². The van der Waals surface area contributed by atoms with Gasteiger partial charge in [-0.25, -0.2) is 0 Å². The third-order valence-electron chi connectivity index (χ3n) is 3.78. The maximum atomic E-state index is 6.38. The molecule has 0 amide bonds. The van der Waals surface area contributed by atoms with Crippen LogP contribution in [0.3, 0.4) is 0 Å². The van der Waals surface area contributed by atoms with Crippen LogP contribution in [-0.4, -0.2) is 18.0 Å². The lowest BCUT2D eigenvalue weighted by atomic mass is 9.96. The number of aryl methyl sites for hydroxylation is 1. The maximum absolute atomic E-state index is 6.38. The van der Waals surface area contributed by atoms with Crippen molar-refractivity contribution in [3.8, 4) is 0 Å². The van der Waals surface area contributed by atoms with E-state index in [-0.39, 0.29) is 12.1 Å². The second-order valence-corrected chi connectivity index (χ2v) is 6.32. The van der Waals surface area contributed by atoms with Gasteiger partial charge < -0.3 is 10.2 Å². The number of nitrogens with zero attached hydrogens (tertiary/aromatic N) is 1. The van der Waals surface area contributed by atoms with E-state index in [4.69, 9.17) is 10.2 Å². The van der Waals surface area contributed by atoms with E-state index in [0.717, 1.165) is 29.0 Å². The average Bonchev–Trinajstić information content (AvgIpc) is 2.86. The van der Waals surface area contributed by atoms with E-state index in [9.17, 15) is 0 Å². The van der Waals surface area contributed by atoms with Crippen LogP contribution in [0.25, 0.3) is 0 Å². The van der Waals surface area contributed by atoms with Crippen molar-refractivity contribution < 1.29 is 4.42 Å². The van der Waals surface area contributed by atoms with Crippen molar-refractivity contribution in [2.75, 3.05) is 7.05 Å². The van der Waals surface area contributed by atoms with Crippen molar-refractivity contribution in [1.29, 1.82) is 0 Å². The Hall–Kier alpha value is -1.10. The number of likely N-dealkylation sites (N-methyl/N-ethyl adjacent to an activating group) is 1. The molecule has 2 atom stereocenters. The third-order valence-corrected chi connectivity index (χ3v) is 4.50. The number of hydrogen-bond donors (Lipinski definition) is 1. The lowest BCUT2D eigenvalue weighted by Crippen LogP contribution is -2.38. The molecule has 0 radical (unpaired) electrons. The normalized spacial score (nSPS) is 14.4. The van der Waals surface area contributed by atoms with E-state index >= 15 is 0 Å². The number of benzene rings is 1. The van der Waals surface area contributed by atoms with Crippen molar-refractivity contribution in [3.63, 3.8) is 0 Å². The Bertz CT molecular complexity index is 582. The maximum Gasteiger partial charge on any atom is 0.118 e. The van der Waals surface area contributed by atoms with Gasteiger partial charge in [0.05, 0.1) is 12.6 Å². The molecule has 0 bridgehead atoms. The molecular formula is C17H23BrN2O. The van der Waals surface area contributed by atoms with Gasteiger partial charge in [-0.2, -0.15) is 0 Å². The number of furan rings is 1. The number of hydrogen-bond acceptors (Lipinski definition) is 3. The molecule has 2 N–H and O–H groups in total. The van der Waals surface area contributed by atoms with Gasteiger partial charge in [-0.3, -0.25) is 4.90 Å². The van der Waals surface area contributed by atoms with Gasteiger partial charge in [0.2, 0.25) is 0 Å². The molecule has 0 aliphatic carbocycles. The van der Waals surface area contributed by atoms with E-state index in [2.05, 4.69) is 53.0 Å². The molecule has 2 aromatic rings. The summed E-state index contributed by atoms with van der Waals surface area (Å²) < 4.78 is 6.79. The van der Waals surface area contributed by atoms with Gasteiger partial charge in [0, 0.05) is 10.5 Å². The highest BCUT2D eigenvalue weighted by Gasteiger charge is 2.25. The highest BCUT2D eigenvalue weighted by molar-refractivity contribution is 9.10. The number of nitrogens with two attached hydrogens (primary N) is 1. The third kappa shape index (κ3) is 3.96. The molecule has 21 heavy (non-hydrogen) atoms. The zero-order valence-corrected chi connectivity index (χ0v) is 14.4. The predicted molar refractivity (Wildman–Crippen MR) is 90.1 cm³/mol. The minimum Gasteiger partial charge on any atom is -0.465 e.